The van der Waals surface area contributed by atoms with Crippen LogP contribution < -0.4 is 5.32 Å². The number of nitrogens with one attached hydrogen (secondary N) is 1. The molecule has 1 saturated heterocycles. The number of carboxylic acids is 1. The molecule has 4 atom stereocenters. The number of carbonyl (C=O) groups excluding carboxylic acids is 1. The first-order valence-corrected chi connectivity index (χ1v) is 6.65. The van der Waals surface area contributed by atoms with Crippen molar-refractivity contribution in [2.45, 2.75) is 39.5 Å². The van der Waals surface area contributed by atoms with Gasteiger partial charge in [0.15, 0.2) is 0 Å². The molecule has 110 valence electrons. The lowest BCUT2D eigenvalue weighted by Crippen LogP contribution is -2.36. The van der Waals surface area contributed by atoms with E-state index in [1.165, 1.54) is 6.07 Å². The Labute approximate surface area is 117 Å². The van der Waals surface area contributed by atoms with E-state index in [4.69, 9.17) is 14.3 Å². The van der Waals surface area contributed by atoms with Crippen LogP contribution in [-0.4, -0.2) is 29.2 Å². The number of amides is 1. The number of carboxylic acid groups (broad SMARTS) is 1. The zero-order chi connectivity index (χ0) is 14.9. The number of ether oxygens (including phenoxy) is 1. The fourth-order valence-electron chi connectivity index (χ4n) is 2.60. The van der Waals surface area contributed by atoms with Gasteiger partial charge < -0.3 is 19.6 Å². The molecule has 1 aromatic heterocycles. The van der Waals surface area contributed by atoms with E-state index in [-0.39, 0.29) is 42.3 Å². The summed E-state index contributed by atoms with van der Waals surface area (Å²) in [6.07, 6.45) is -0.0610. The van der Waals surface area contributed by atoms with Crippen LogP contribution >= 0.6 is 0 Å². The van der Waals surface area contributed by atoms with E-state index >= 15 is 0 Å². The Kier molecular flexibility index (Phi) is 4.13. The fourth-order valence-corrected chi connectivity index (χ4v) is 2.60. The molecule has 2 N–H and O–H groups in total. The first-order valence-electron chi connectivity index (χ1n) is 6.65. The summed E-state index contributed by atoms with van der Waals surface area (Å²) in [6, 6.07) is 2.92. The maximum Gasteiger partial charge on any atom is 0.371 e. The van der Waals surface area contributed by atoms with Crippen molar-refractivity contribution in [1.29, 1.82) is 0 Å². The largest absolute Gasteiger partial charge is 0.475 e. The van der Waals surface area contributed by atoms with Gasteiger partial charge in [-0.3, -0.25) is 4.79 Å². The van der Waals surface area contributed by atoms with E-state index < -0.39 is 5.97 Å². The lowest BCUT2D eigenvalue weighted by molar-refractivity contribution is -0.127. The van der Waals surface area contributed by atoms with Gasteiger partial charge in [0.2, 0.25) is 11.7 Å². The SMILES string of the molecule is CC1OC(C)C(C(=O)NCc2ccc(C(=O)O)o2)C1C. The second kappa shape index (κ2) is 5.66. The number of furan rings is 1. The van der Waals surface area contributed by atoms with Crippen LogP contribution in [0.1, 0.15) is 37.1 Å². The van der Waals surface area contributed by atoms with Crippen molar-refractivity contribution in [2.24, 2.45) is 11.8 Å². The molecule has 1 amide bonds. The van der Waals surface area contributed by atoms with E-state index in [2.05, 4.69) is 5.32 Å². The minimum atomic E-state index is -1.12. The summed E-state index contributed by atoms with van der Waals surface area (Å²) in [4.78, 5) is 22.9. The Hall–Kier alpha value is -1.82. The van der Waals surface area contributed by atoms with Crippen LogP contribution in [0.3, 0.4) is 0 Å². The monoisotopic (exact) mass is 281 g/mol. The summed E-state index contributed by atoms with van der Waals surface area (Å²) in [5.74, 6) is -0.975. The van der Waals surface area contributed by atoms with Gasteiger partial charge in [-0.1, -0.05) is 6.92 Å². The third-order valence-electron chi connectivity index (χ3n) is 3.85. The van der Waals surface area contributed by atoms with Crippen LogP contribution in [0.2, 0.25) is 0 Å². The molecule has 4 unspecified atom stereocenters. The number of carbonyl (C=O) groups is 2. The summed E-state index contributed by atoms with van der Waals surface area (Å²) in [5, 5.41) is 11.5. The highest BCUT2D eigenvalue weighted by Crippen LogP contribution is 2.32. The van der Waals surface area contributed by atoms with Gasteiger partial charge in [-0.2, -0.15) is 0 Å². The van der Waals surface area contributed by atoms with E-state index in [1.807, 2.05) is 20.8 Å². The molecule has 0 radical (unpaired) electrons. The third kappa shape index (κ3) is 2.85. The van der Waals surface area contributed by atoms with Crippen molar-refractivity contribution in [3.63, 3.8) is 0 Å². The lowest BCUT2D eigenvalue weighted by Gasteiger charge is -2.17. The highest BCUT2D eigenvalue weighted by molar-refractivity contribution is 5.84. The highest BCUT2D eigenvalue weighted by atomic mass is 16.5. The normalized spacial score (nSPS) is 29.4. The van der Waals surface area contributed by atoms with Crippen LogP contribution in [0.15, 0.2) is 16.5 Å². The predicted molar refractivity (Wildman–Crippen MR) is 70.2 cm³/mol. The molecule has 20 heavy (non-hydrogen) atoms. The number of hydrogen-bond acceptors (Lipinski definition) is 4. The van der Waals surface area contributed by atoms with Crippen molar-refractivity contribution in [2.75, 3.05) is 0 Å². The van der Waals surface area contributed by atoms with Crippen LogP contribution in [0.25, 0.3) is 0 Å². The van der Waals surface area contributed by atoms with Crippen molar-refractivity contribution in [3.05, 3.63) is 23.7 Å². The van der Waals surface area contributed by atoms with Crippen LogP contribution in [0.4, 0.5) is 0 Å². The van der Waals surface area contributed by atoms with Gasteiger partial charge in [0, 0.05) is 0 Å². The zero-order valence-electron chi connectivity index (χ0n) is 11.8. The lowest BCUT2D eigenvalue weighted by atomic mass is 9.89. The Morgan fingerprint density at radius 1 is 1.25 bits per heavy atom. The van der Waals surface area contributed by atoms with Gasteiger partial charge >= 0.3 is 5.97 Å². The Bertz CT molecular complexity index is 509. The molecule has 0 bridgehead atoms. The summed E-state index contributed by atoms with van der Waals surface area (Å²) in [7, 11) is 0. The highest BCUT2D eigenvalue weighted by Gasteiger charge is 2.41. The van der Waals surface area contributed by atoms with Gasteiger partial charge in [0.25, 0.3) is 0 Å². The molecule has 6 nitrogen and oxygen atoms in total. The van der Waals surface area contributed by atoms with Gasteiger partial charge in [-0.15, -0.1) is 0 Å². The maximum absolute atomic E-state index is 12.2. The van der Waals surface area contributed by atoms with E-state index in [1.54, 1.807) is 6.07 Å². The summed E-state index contributed by atoms with van der Waals surface area (Å²) in [6.45, 7) is 6.02. The van der Waals surface area contributed by atoms with E-state index in [0.717, 1.165) is 0 Å². The molecule has 1 aromatic rings. The number of rotatable bonds is 4. The third-order valence-corrected chi connectivity index (χ3v) is 3.85. The zero-order valence-corrected chi connectivity index (χ0v) is 11.8. The maximum atomic E-state index is 12.2. The molecule has 6 heteroatoms. The smallest absolute Gasteiger partial charge is 0.371 e. The van der Waals surface area contributed by atoms with Crippen molar-refractivity contribution in [1.82, 2.24) is 5.32 Å². The number of hydrogen-bond donors (Lipinski definition) is 2. The van der Waals surface area contributed by atoms with Crippen LogP contribution in [-0.2, 0) is 16.1 Å². The van der Waals surface area contributed by atoms with Crippen molar-refractivity contribution in [3.8, 4) is 0 Å². The minimum Gasteiger partial charge on any atom is -0.475 e. The summed E-state index contributed by atoms with van der Waals surface area (Å²) >= 11 is 0. The quantitative estimate of drug-likeness (QED) is 0.876. The van der Waals surface area contributed by atoms with Gasteiger partial charge in [-0.05, 0) is 31.9 Å². The molecule has 2 rings (SSSR count). The first-order chi connectivity index (χ1) is 9.40. The molecule has 0 aromatic carbocycles. The standard InChI is InChI=1S/C14H19NO5/c1-7-8(2)19-9(3)12(7)13(16)15-6-10-4-5-11(20-10)14(17)18/h4-5,7-9,12H,6H2,1-3H3,(H,15,16)(H,17,18). The number of aromatic carboxylic acids is 1. The average molecular weight is 281 g/mol. The molecule has 0 aliphatic carbocycles. The molecule has 0 spiro atoms. The molecule has 1 fully saturated rings. The van der Waals surface area contributed by atoms with Gasteiger partial charge in [0.1, 0.15) is 5.76 Å². The Balaban J connectivity index is 1.93. The molecule has 1 aliphatic heterocycles. The van der Waals surface area contributed by atoms with Crippen molar-refractivity contribution >= 4 is 11.9 Å². The van der Waals surface area contributed by atoms with Crippen molar-refractivity contribution < 1.29 is 23.8 Å². The predicted octanol–water partition coefficient (Wildman–Crippen LogP) is 1.65. The Morgan fingerprint density at radius 3 is 2.45 bits per heavy atom. The first kappa shape index (κ1) is 14.6. The van der Waals surface area contributed by atoms with Crippen LogP contribution in [0.5, 0.6) is 0 Å². The molecule has 1 aliphatic rings. The molecule has 0 saturated carbocycles. The van der Waals surface area contributed by atoms with Gasteiger partial charge in [0.05, 0.1) is 24.7 Å². The molecular formula is C14H19NO5. The Morgan fingerprint density at radius 2 is 1.95 bits per heavy atom. The molecule has 2 heterocycles. The topological polar surface area (TPSA) is 88.8 Å². The molecular weight excluding hydrogens is 262 g/mol. The fraction of sp³-hybridized carbons (Fsp3) is 0.571. The summed E-state index contributed by atoms with van der Waals surface area (Å²) in [5.41, 5.74) is 0. The van der Waals surface area contributed by atoms with E-state index in [9.17, 15) is 9.59 Å². The second-order valence-corrected chi connectivity index (χ2v) is 5.22. The van der Waals surface area contributed by atoms with Gasteiger partial charge in [-0.25, -0.2) is 4.79 Å². The summed E-state index contributed by atoms with van der Waals surface area (Å²) < 4.78 is 10.7. The second-order valence-electron chi connectivity index (χ2n) is 5.22. The van der Waals surface area contributed by atoms with E-state index in [0.29, 0.717) is 5.76 Å². The van der Waals surface area contributed by atoms with Crippen LogP contribution in [0, 0.1) is 11.8 Å². The minimum absolute atomic E-state index is 0.0583. The average Bonchev–Trinajstić information content (AvgIpc) is 2.93.